The number of allylic oxidation sites excluding steroid dienone is 1. The zero-order chi connectivity index (χ0) is 17.3. The number of benzene rings is 1. The molecule has 3 rings (SSSR count). The molecule has 2 heterocycles. The maximum absolute atomic E-state index is 11.9. The summed E-state index contributed by atoms with van der Waals surface area (Å²) in [5.74, 6) is -1.04. The summed E-state index contributed by atoms with van der Waals surface area (Å²) in [6.45, 7) is 3.69. The number of aromatic carboxylic acids is 1. The first kappa shape index (κ1) is 16.4. The van der Waals surface area contributed by atoms with Gasteiger partial charge in [-0.05, 0) is 37.8 Å². The standard InChI is InChI=1S/C18H17N3O2S/c1-11-6-4-7-13(10-11)18(8-5-9-19-18)15-14(16(22)23)12(2)20-17(21-15)24-3/h4-10H,1-3H3,(H,22,23). The average Bonchev–Trinajstić information content (AvgIpc) is 3.04. The van der Waals surface area contributed by atoms with Gasteiger partial charge in [0, 0.05) is 6.21 Å². The van der Waals surface area contributed by atoms with Crippen LogP contribution in [0.3, 0.4) is 0 Å². The van der Waals surface area contributed by atoms with Crippen molar-refractivity contribution in [1.82, 2.24) is 9.97 Å². The van der Waals surface area contributed by atoms with Gasteiger partial charge in [-0.15, -0.1) is 0 Å². The fourth-order valence-electron chi connectivity index (χ4n) is 2.89. The summed E-state index contributed by atoms with van der Waals surface area (Å²) < 4.78 is 0. The second kappa shape index (κ2) is 6.20. The number of hydrogen-bond acceptors (Lipinski definition) is 5. The lowest BCUT2D eigenvalue weighted by Gasteiger charge is -2.27. The van der Waals surface area contributed by atoms with Crippen molar-refractivity contribution >= 4 is 23.9 Å². The molecule has 1 N–H and O–H groups in total. The number of thioether (sulfide) groups is 1. The third kappa shape index (κ3) is 2.63. The fraction of sp³-hybridized carbons (Fsp3) is 0.222. The highest BCUT2D eigenvalue weighted by Crippen LogP contribution is 2.39. The van der Waals surface area contributed by atoms with Gasteiger partial charge >= 0.3 is 5.97 Å². The molecule has 1 aromatic heterocycles. The summed E-state index contributed by atoms with van der Waals surface area (Å²) in [5, 5.41) is 10.3. The molecule has 1 aliphatic rings. The van der Waals surface area contributed by atoms with Crippen LogP contribution in [0, 0.1) is 13.8 Å². The normalized spacial score (nSPS) is 19.0. The minimum atomic E-state index is -1.04. The molecule has 0 saturated heterocycles. The number of carboxylic acid groups (broad SMARTS) is 1. The first-order valence-corrected chi connectivity index (χ1v) is 8.67. The molecule has 2 aromatic rings. The lowest BCUT2D eigenvalue weighted by Crippen LogP contribution is -2.27. The van der Waals surface area contributed by atoms with Crippen molar-refractivity contribution in [2.45, 2.75) is 24.5 Å². The number of aliphatic imine (C=N–C) groups is 1. The highest BCUT2D eigenvalue weighted by molar-refractivity contribution is 7.98. The van der Waals surface area contributed by atoms with Gasteiger partial charge < -0.3 is 5.11 Å². The van der Waals surface area contributed by atoms with Crippen LogP contribution in [-0.4, -0.2) is 33.5 Å². The number of aryl methyl sites for hydroxylation is 2. The van der Waals surface area contributed by atoms with Crippen molar-refractivity contribution in [2.24, 2.45) is 4.99 Å². The van der Waals surface area contributed by atoms with E-state index in [2.05, 4.69) is 15.0 Å². The van der Waals surface area contributed by atoms with E-state index in [4.69, 9.17) is 0 Å². The summed E-state index contributed by atoms with van der Waals surface area (Å²) in [4.78, 5) is 25.3. The van der Waals surface area contributed by atoms with E-state index >= 15 is 0 Å². The van der Waals surface area contributed by atoms with Gasteiger partial charge in [-0.2, -0.15) is 0 Å². The van der Waals surface area contributed by atoms with E-state index in [0.717, 1.165) is 11.1 Å². The number of nitrogens with zero attached hydrogens (tertiary/aromatic N) is 3. The molecule has 0 radical (unpaired) electrons. The van der Waals surface area contributed by atoms with Crippen LogP contribution in [0.4, 0.5) is 0 Å². The second-order valence-electron chi connectivity index (χ2n) is 5.60. The first-order chi connectivity index (χ1) is 11.5. The van der Waals surface area contributed by atoms with Gasteiger partial charge in [0.2, 0.25) is 0 Å². The Morgan fingerprint density at radius 3 is 2.62 bits per heavy atom. The van der Waals surface area contributed by atoms with Gasteiger partial charge in [0.25, 0.3) is 0 Å². The number of carbonyl (C=O) groups is 1. The van der Waals surface area contributed by atoms with E-state index < -0.39 is 11.5 Å². The van der Waals surface area contributed by atoms with E-state index in [1.54, 1.807) is 13.1 Å². The van der Waals surface area contributed by atoms with Crippen molar-refractivity contribution in [3.05, 3.63) is 64.5 Å². The van der Waals surface area contributed by atoms with Crippen molar-refractivity contribution in [3.8, 4) is 0 Å². The molecule has 1 atom stereocenters. The Morgan fingerprint density at radius 1 is 1.25 bits per heavy atom. The van der Waals surface area contributed by atoms with Crippen LogP contribution < -0.4 is 0 Å². The largest absolute Gasteiger partial charge is 0.478 e. The van der Waals surface area contributed by atoms with Crippen molar-refractivity contribution < 1.29 is 9.90 Å². The van der Waals surface area contributed by atoms with Crippen LogP contribution in [0.5, 0.6) is 0 Å². The summed E-state index contributed by atoms with van der Waals surface area (Å²) in [7, 11) is 0. The summed E-state index contributed by atoms with van der Waals surface area (Å²) >= 11 is 1.38. The molecule has 1 aliphatic heterocycles. The highest BCUT2D eigenvalue weighted by atomic mass is 32.2. The van der Waals surface area contributed by atoms with Crippen molar-refractivity contribution in [1.29, 1.82) is 0 Å². The molecule has 6 heteroatoms. The average molecular weight is 339 g/mol. The molecule has 0 aliphatic carbocycles. The van der Waals surface area contributed by atoms with Crippen LogP contribution in [-0.2, 0) is 5.54 Å². The molecule has 122 valence electrons. The van der Waals surface area contributed by atoms with E-state index in [1.165, 1.54) is 11.8 Å². The molecule has 1 unspecified atom stereocenters. The monoisotopic (exact) mass is 339 g/mol. The lowest BCUT2D eigenvalue weighted by molar-refractivity contribution is 0.0692. The topological polar surface area (TPSA) is 75.4 Å². The highest BCUT2D eigenvalue weighted by Gasteiger charge is 2.39. The number of aromatic nitrogens is 2. The molecular formula is C18H17N3O2S. The Hall–Kier alpha value is -2.47. The van der Waals surface area contributed by atoms with Crippen LogP contribution in [0.15, 0.2) is 46.6 Å². The number of carboxylic acids is 1. The maximum Gasteiger partial charge on any atom is 0.339 e. The summed E-state index contributed by atoms with van der Waals surface area (Å²) in [6.07, 6.45) is 7.26. The van der Waals surface area contributed by atoms with E-state index in [9.17, 15) is 9.90 Å². The molecule has 24 heavy (non-hydrogen) atoms. The van der Waals surface area contributed by atoms with Gasteiger partial charge in [0.15, 0.2) is 5.16 Å². The Labute approximate surface area is 144 Å². The third-order valence-corrected chi connectivity index (χ3v) is 4.53. The van der Waals surface area contributed by atoms with Gasteiger partial charge in [0.05, 0.1) is 11.4 Å². The molecular weight excluding hydrogens is 322 g/mol. The predicted molar refractivity (Wildman–Crippen MR) is 95.1 cm³/mol. The van der Waals surface area contributed by atoms with Gasteiger partial charge in [-0.1, -0.05) is 41.6 Å². The quantitative estimate of drug-likeness (QED) is 0.682. The zero-order valence-corrected chi connectivity index (χ0v) is 14.5. The Bertz CT molecular complexity index is 863. The van der Waals surface area contributed by atoms with Crippen LogP contribution in [0.25, 0.3) is 0 Å². The Balaban J connectivity index is 2.35. The zero-order valence-electron chi connectivity index (χ0n) is 13.6. The van der Waals surface area contributed by atoms with Crippen LogP contribution in [0.2, 0.25) is 0 Å². The Kier molecular flexibility index (Phi) is 4.24. The summed E-state index contributed by atoms with van der Waals surface area (Å²) in [5.41, 5.74) is 1.99. The molecule has 0 bridgehead atoms. The molecule has 1 aromatic carbocycles. The van der Waals surface area contributed by atoms with Gasteiger partial charge in [-0.25, -0.2) is 14.8 Å². The molecule has 0 spiro atoms. The molecule has 0 saturated carbocycles. The minimum Gasteiger partial charge on any atom is -0.478 e. The minimum absolute atomic E-state index is 0.109. The number of hydrogen-bond donors (Lipinski definition) is 1. The van der Waals surface area contributed by atoms with Gasteiger partial charge in [0.1, 0.15) is 11.1 Å². The second-order valence-corrected chi connectivity index (χ2v) is 6.37. The molecule has 0 amide bonds. The molecule has 5 nitrogen and oxygen atoms in total. The van der Waals surface area contributed by atoms with E-state index in [0.29, 0.717) is 16.5 Å². The first-order valence-electron chi connectivity index (χ1n) is 7.44. The maximum atomic E-state index is 11.9. The summed E-state index contributed by atoms with van der Waals surface area (Å²) in [6, 6.07) is 7.89. The lowest BCUT2D eigenvalue weighted by atomic mass is 9.84. The van der Waals surface area contributed by atoms with Gasteiger partial charge in [-0.3, -0.25) is 4.99 Å². The SMILES string of the molecule is CSc1nc(C)c(C(=O)O)c(C2(c3cccc(C)c3)C=CC=N2)n1. The van der Waals surface area contributed by atoms with E-state index in [-0.39, 0.29) is 5.56 Å². The van der Waals surface area contributed by atoms with Crippen LogP contribution >= 0.6 is 11.8 Å². The third-order valence-electron chi connectivity index (χ3n) is 3.99. The fourth-order valence-corrected chi connectivity index (χ4v) is 3.30. The molecule has 0 fully saturated rings. The number of rotatable bonds is 4. The van der Waals surface area contributed by atoms with Crippen molar-refractivity contribution in [3.63, 3.8) is 0 Å². The Morgan fingerprint density at radius 2 is 2.04 bits per heavy atom. The van der Waals surface area contributed by atoms with Crippen LogP contribution in [0.1, 0.15) is 32.9 Å². The van der Waals surface area contributed by atoms with E-state index in [1.807, 2.05) is 49.6 Å². The smallest absolute Gasteiger partial charge is 0.339 e. The van der Waals surface area contributed by atoms with Crippen molar-refractivity contribution in [2.75, 3.05) is 6.26 Å². The predicted octanol–water partition coefficient (Wildman–Crippen LogP) is 3.40.